The Kier molecular flexibility index (Phi) is 4.79. The van der Waals surface area contributed by atoms with Crippen LogP contribution in [-0.4, -0.2) is 41.8 Å². The minimum Gasteiger partial charge on any atom is -0.373 e. The van der Waals surface area contributed by atoms with Crippen LogP contribution in [0.5, 0.6) is 0 Å². The molecule has 1 aromatic rings. The van der Waals surface area contributed by atoms with Crippen LogP contribution in [0.4, 0.5) is 11.4 Å². The molecule has 1 atom stereocenters. The van der Waals surface area contributed by atoms with Gasteiger partial charge >= 0.3 is 0 Å². The molecule has 134 valence electrons. The molecule has 2 aliphatic rings. The normalized spacial score (nSPS) is 19.8. The second-order valence-corrected chi connectivity index (χ2v) is 7.23. The molecule has 3 amide bonds. The highest BCUT2D eigenvalue weighted by Gasteiger charge is 2.38. The largest absolute Gasteiger partial charge is 0.373 e. The zero-order chi connectivity index (χ0) is 18.1. The van der Waals surface area contributed by atoms with Gasteiger partial charge in [-0.05, 0) is 42.5 Å². The van der Waals surface area contributed by atoms with Gasteiger partial charge in [-0.15, -0.1) is 0 Å². The highest BCUT2D eigenvalue weighted by atomic mass is 16.2. The second-order valence-electron chi connectivity index (χ2n) is 7.23. The Morgan fingerprint density at radius 3 is 2.76 bits per heavy atom. The van der Waals surface area contributed by atoms with Gasteiger partial charge in [0, 0.05) is 31.4 Å². The van der Waals surface area contributed by atoms with Crippen LogP contribution in [0.3, 0.4) is 0 Å². The van der Waals surface area contributed by atoms with E-state index in [1.54, 1.807) is 11.8 Å². The summed E-state index contributed by atoms with van der Waals surface area (Å²) < 4.78 is 0. The Balaban J connectivity index is 1.68. The fourth-order valence-corrected chi connectivity index (χ4v) is 3.44. The number of rotatable bonds is 5. The van der Waals surface area contributed by atoms with Crippen LogP contribution in [-0.2, 0) is 20.8 Å². The van der Waals surface area contributed by atoms with Gasteiger partial charge in [-0.25, -0.2) is 0 Å². The zero-order valence-electron chi connectivity index (χ0n) is 15.0. The van der Waals surface area contributed by atoms with Gasteiger partial charge in [0.25, 0.3) is 5.91 Å². The molecule has 3 rings (SSSR count). The highest BCUT2D eigenvalue weighted by Crippen LogP contribution is 2.31. The number of amides is 3. The standard InChI is InChI=1S/C19H25N3O3/c1-12(2)6-8-22-18(24)11-16(19(22)25)20-15-4-5-17-14(10-15)7-9-21(17)13(3)23/h4-5,10,12,16,20H,6-9,11H2,1-3H3/t16-/m0/s1. The number of fused-ring (bicyclic) bond motifs is 1. The van der Waals surface area contributed by atoms with Crippen molar-refractivity contribution in [3.8, 4) is 0 Å². The molecular formula is C19H25N3O3. The van der Waals surface area contributed by atoms with E-state index in [0.717, 1.165) is 29.8 Å². The van der Waals surface area contributed by atoms with Crippen molar-refractivity contribution in [2.24, 2.45) is 5.92 Å². The van der Waals surface area contributed by atoms with Gasteiger partial charge in [0.2, 0.25) is 11.8 Å². The molecular weight excluding hydrogens is 318 g/mol. The van der Waals surface area contributed by atoms with Crippen LogP contribution in [0.1, 0.15) is 39.2 Å². The summed E-state index contributed by atoms with van der Waals surface area (Å²) in [5, 5.41) is 3.20. The van der Waals surface area contributed by atoms with E-state index in [-0.39, 0.29) is 24.1 Å². The van der Waals surface area contributed by atoms with E-state index >= 15 is 0 Å². The first kappa shape index (κ1) is 17.5. The molecule has 6 nitrogen and oxygen atoms in total. The molecule has 1 fully saturated rings. The molecule has 0 spiro atoms. The first-order valence-electron chi connectivity index (χ1n) is 8.88. The molecule has 0 bridgehead atoms. The van der Waals surface area contributed by atoms with Crippen molar-refractivity contribution in [1.29, 1.82) is 0 Å². The lowest BCUT2D eigenvalue weighted by Crippen LogP contribution is -2.35. The number of nitrogens with one attached hydrogen (secondary N) is 1. The smallest absolute Gasteiger partial charge is 0.252 e. The molecule has 2 aliphatic heterocycles. The van der Waals surface area contributed by atoms with Gasteiger partial charge in [-0.3, -0.25) is 19.3 Å². The maximum atomic E-state index is 12.5. The van der Waals surface area contributed by atoms with E-state index in [2.05, 4.69) is 19.2 Å². The van der Waals surface area contributed by atoms with E-state index < -0.39 is 6.04 Å². The number of imide groups is 1. The molecule has 0 saturated carbocycles. The van der Waals surface area contributed by atoms with Gasteiger partial charge in [-0.1, -0.05) is 13.8 Å². The molecule has 25 heavy (non-hydrogen) atoms. The fourth-order valence-electron chi connectivity index (χ4n) is 3.44. The van der Waals surface area contributed by atoms with Crippen LogP contribution in [0, 0.1) is 5.92 Å². The summed E-state index contributed by atoms with van der Waals surface area (Å²) in [5.74, 6) is 0.244. The zero-order valence-corrected chi connectivity index (χ0v) is 15.0. The SMILES string of the molecule is CC(=O)N1CCc2cc(N[C@H]3CC(=O)N(CCC(C)C)C3=O)ccc21. The number of hydrogen-bond donors (Lipinski definition) is 1. The van der Waals surface area contributed by atoms with E-state index in [1.165, 1.54) is 4.90 Å². The van der Waals surface area contributed by atoms with Crippen molar-refractivity contribution in [3.05, 3.63) is 23.8 Å². The van der Waals surface area contributed by atoms with Gasteiger partial charge in [0.05, 0.1) is 6.42 Å². The number of carbonyl (C=O) groups excluding carboxylic acids is 3. The first-order valence-corrected chi connectivity index (χ1v) is 8.88. The van der Waals surface area contributed by atoms with Crippen molar-refractivity contribution in [1.82, 2.24) is 4.90 Å². The molecule has 1 N–H and O–H groups in total. The predicted molar refractivity (Wildman–Crippen MR) is 96.4 cm³/mol. The topological polar surface area (TPSA) is 69.7 Å². The number of hydrogen-bond acceptors (Lipinski definition) is 4. The van der Waals surface area contributed by atoms with Gasteiger partial charge in [-0.2, -0.15) is 0 Å². The Labute approximate surface area is 148 Å². The third-order valence-electron chi connectivity index (χ3n) is 4.87. The van der Waals surface area contributed by atoms with Crippen LogP contribution in [0.25, 0.3) is 0 Å². The number of carbonyl (C=O) groups is 3. The minimum atomic E-state index is -0.497. The highest BCUT2D eigenvalue weighted by molar-refractivity contribution is 6.06. The minimum absolute atomic E-state index is 0.0387. The lowest BCUT2D eigenvalue weighted by molar-refractivity contribution is -0.138. The quantitative estimate of drug-likeness (QED) is 0.832. The number of benzene rings is 1. The van der Waals surface area contributed by atoms with Gasteiger partial charge in [0.15, 0.2) is 0 Å². The third kappa shape index (κ3) is 3.52. The van der Waals surface area contributed by atoms with Crippen LogP contribution < -0.4 is 10.2 Å². The van der Waals surface area contributed by atoms with Crippen LogP contribution >= 0.6 is 0 Å². The first-order chi connectivity index (χ1) is 11.9. The molecule has 1 aromatic carbocycles. The summed E-state index contributed by atoms with van der Waals surface area (Å²) in [6.45, 7) is 6.91. The third-order valence-corrected chi connectivity index (χ3v) is 4.87. The summed E-state index contributed by atoms with van der Waals surface area (Å²) in [6.07, 6.45) is 1.83. The molecule has 0 aromatic heterocycles. The molecule has 0 unspecified atom stereocenters. The summed E-state index contributed by atoms with van der Waals surface area (Å²) in [6, 6.07) is 5.26. The average molecular weight is 343 g/mol. The molecule has 6 heteroatoms. The monoisotopic (exact) mass is 343 g/mol. The Morgan fingerprint density at radius 1 is 1.32 bits per heavy atom. The molecule has 0 radical (unpaired) electrons. The van der Waals surface area contributed by atoms with Crippen molar-refractivity contribution in [2.75, 3.05) is 23.3 Å². The molecule has 2 heterocycles. The molecule has 1 saturated heterocycles. The number of likely N-dealkylation sites (tertiary alicyclic amines) is 1. The second kappa shape index (κ2) is 6.86. The lowest BCUT2D eigenvalue weighted by atomic mass is 10.1. The Hall–Kier alpha value is -2.37. The molecule has 0 aliphatic carbocycles. The van der Waals surface area contributed by atoms with Crippen molar-refractivity contribution < 1.29 is 14.4 Å². The lowest BCUT2D eigenvalue weighted by Gasteiger charge is -2.18. The van der Waals surface area contributed by atoms with Gasteiger partial charge < -0.3 is 10.2 Å². The number of anilines is 2. The van der Waals surface area contributed by atoms with E-state index in [1.807, 2.05) is 18.2 Å². The van der Waals surface area contributed by atoms with Crippen molar-refractivity contribution in [2.45, 2.75) is 46.1 Å². The maximum Gasteiger partial charge on any atom is 0.252 e. The van der Waals surface area contributed by atoms with Crippen LogP contribution in [0.15, 0.2) is 18.2 Å². The van der Waals surface area contributed by atoms with Crippen molar-refractivity contribution in [3.63, 3.8) is 0 Å². The Bertz CT molecular complexity index is 714. The summed E-state index contributed by atoms with van der Waals surface area (Å²) >= 11 is 0. The van der Waals surface area contributed by atoms with E-state index in [4.69, 9.17) is 0 Å². The predicted octanol–water partition coefficient (Wildman–Crippen LogP) is 2.18. The Morgan fingerprint density at radius 2 is 2.08 bits per heavy atom. The summed E-state index contributed by atoms with van der Waals surface area (Å²) in [4.78, 5) is 39.4. The fraction of sp³-hybridized carbons (Fsp3) is 0.526. The van der Waals surface area contributed by atoms with Crippen molar-refractivity contribution >= 4 is 29.1 Å². The maximum absolute atomic E-state index is 12.5. The summed E-state index contributed by atoms with van der Waals surface area (Å²) in [7, 11) is 0. The number of nitrogens with zero attached hydrogens (tertiary/aromatic N) is 2. The van der Waals surface area contributed by atoms with Crippen LogP contribution in [0.2, 0.25) is 0 Å². The van der Waals surface area contributed by atoms with E-state index in [0.29, 0.717) is 19.0 Å². The summed E-state index contributed by atoms with van der Waals surface area (Å²) in [5.41, 5.74) is 2.85. The van der Waals surface area contributed by atoms with Gasteiger partial charge in [0.1, 0.15) is 6.04 Å². The van der Waals surface area contributed by atoms with E-state index in [9.17, 15) is 14.4 Å². The average Bonchev–Trinajstić information content (AvgIpc) is 3.07.